The van der Waals surface area contributed by atoms with Crippen LogP contribution in [0.3, 0.4) is 0 Å². The standard InChI is InChI=1S/C20H6BBr3O2/c21-9-5-11(23)19-15-7(9)1-3-13-17(15)18-14(25-19)4-2-8-10(22)6-12(24)20(26-13)16(8)18/h1-6H. The van der Waals surface area contributed by atoms with Gasteiger partial charge in [-0.2, -0.15) is 0 Å². The van der Waals surface area contributed by atoms with Crippen molar-refractivity contribution in [2.75, 3.05) is 0 Å². The van der Waals surface area contributed by atoms with Crippen LogP contribution in [-0.2, 0) is 0 Å². The van der Waals surface area contributed by atoms with Crippen molar-refractivity contribution in [3.05, 3.63) is 49.8 Å². The zero-order valence-corrected chi connectivity index (χ0v) is 17.7. The summed E-state index contributed by atoms with van der Waals surface area (Å²) in [5.41, 5.74) is 6.01. The molecule has 6 heteroatoms. The first-order valence-electron chi connectivity index (χ1n) is 7.90. The molecule has 0 aliphatic carbocycles. The Morgan fingerprint density at radius 2 is 1.19 bits per heavy atom. The second-order valence-corrected chi connectivity index (χ2v) is 8.94. The van der Waals surface area contributed by atoms with E-state index in [1.165, 1.54) is 0 Å². The number of benzene rings is 4. The quantitative estimate of drug-likeness (QED) is 0.119. The monoisotopic (exact) mass is 526 g/mol. The molecule has 6 rings (SSSR count). The fourth-order valence-electron chi connectivity index (χ4n) is 3.94. The van der Waals surface area contributed by atoms with Crippen molar-refractivity contribution in [1.29, 1.82) is 0 Å². The van der Waals surface area contributed by atoms with Crippen LogP contribution in [-0.4, -0.2) is 7.85 Å². The summed E-state index contributed by atoms with van der Waals surface area (Å²) in [5.74, 6) is 0. The summed E-state index contributed by atoms with van der Waals surface area (Å²) in [7, 11) is 6.28. The van der Waals surface area contributed by atoms with Gasteiger partial charge in [0.05, 0.1) is 8.95 Å². The van der Waals surface area contributed by atoms with Gasteiger partial charge in [0.25, 0.3) is 0 Å². The van der Waals surface area contributed by atoms with Crippen LogP contribution in [0, 0.1) is 0 Å². The van der Waals surface area contributed by atoms with Crippen LogP contribution in [0.2, 0.25) is 0 Å². The Bertz CT molecular complexity index is 1360. The molecule has 0 unspecified atom stereocenters. The van der Waals surface area contributed by atoms with Crippen molar-refractivity contribution in [2.24, 2.45) is 0 Å². The van der Waals surface area contributed by atoms with Gasteiger partial charge in [0, 0.05) is 31.8 Å². The van der Waals surface area contributed by atoms with Crippen LogP contribution >= 0.6 is 47.8 Å². The molecule has 0 spiro atoms. The molecular weight excluding hydrogens is 523 g/mol. The van der Waals surface area contributed by atoms with Gasteiger partial charge < -0.3 is 8.83 Å². The highest BCUT2D eigenvalue weighted by Crippen LogP contribution is 2.50. The van der Waals surface area contributed by atoms with Crippen LogP contribution in [0.1, 0.15) is 0 Å². The van der Waals surface area contributed by atoms with Crippen LogP contribution in [0.15, 0.2) is 58.7 Å². The highest BCUT2D eigenvalue weighted by molar-refractivity contribution is 9.11. The van der Waals surface area contributed by atoms with Crippen LogP contribution in [0.4, 0.5) is 0 Å². The number of hydrogen-bond acceptors (Lipinski definition) is 2. The van der Waals surface area contributed by atoms with Crippen molar-refractivity contribution >= 4 is 105 Å². The average molecular weight is 529 g/mol. The Kier molecular flexibility index (Phi) is 3.03. The molecule has 0 N–H and O–H groups in total. The lowest BCUT2D eigenvalue weighted by Crippen LogP contribution is -2.06. The number of halogens is 3. The van der Waals surface area contributed by atoms with E-state index in [2.05, 4.69) is 53.9 Å². The smallest absolute Gasteiger partial charge is 0.150 e. The molecule has 26 heavy (non-hydrogen) atoms. The minimum Gasteiger partial charge on any atom is -0.455 e. The van der Waals surface area contributed by atoms with Gasteiger partial charge in [-0.25, -0.2) is 0 Å². The Morgan fingerprint density at radius 1 is 0.654 bits per heavy atom. The average Bonchev–Trinajstić information content (AvgIpc) is 2.62. The third-order valence-corrected chi connectivity index (χ3v) is 6.83. The number of hydrogen-bond donors (Lipinski definition) is 0. The van der Waals surface area contributed by atoms with E-state index in [9.17, 15) is 0 Å². The van der Waals surface area contributed by atoms with Crippen molar-refractivity contribution in [3.63, 3.8) is 0 Å². The van der Waals surface area contributed by atoms with Gasteiger partial charge in [0.1, 0.15) is 30.2 Å². The summed E-state index contributed by atoms with van der Waals surface area (Å²) in [4.78, 5) is 0. The summed E-state index contributed by atoms with van der Waals surface area (Å²) >= 11 is 10.9. The Hall–Kier alpha value is -1.50. The van der Waals surface area contributed by atoms with Crippen molar-refractivity contribution < 1.29 is 8.83 Å². The molecule has 0 aromatic heterocycles. The van der Waals surface area contributed by atoms with E-state index in [1.54, 1.807) is 0 Å². The molecular formula is C20H6BBr3O2. The van der Waals surface area contributed by atoms with Crippen molar-refractivity contribution in [1.82, 2.24) is 0 Å². The third kappa shape index (κ3) is 1.78. The molecule has 2 radical (unpaired) electrons. The molecule has 0 saturated heterocycles. The Labute approximate surface area is 174 Å². The van der Waals surface area contributed by atoms with Crippen LogP contribution in [0.25, 0.3) is 55.0 Å². The summed E-state index contributed by atoms with van der Waals surface area (Å²) in [5, 5.41) is 4.06. The summed E-state index contributed by atoms with van der Waals surface area (Å²) in [6.45, 7) is 0. The topological polar surface area (TPSA) is 26.3 Å². The van der Waals surface area contributed by atoms with E-state index < -0.39 is 0 Å². The Balaban J connectivity index is 2.06. The molecule has 2 aliphatic rings. The predicted octanol–water partition coefficient (Wildman–Crippen LogP) is 7.11. The van der Waals surface area contributed by atoms with E-state index >= 15 is 0 Å². The summed E-state index contributed by atoms with van der Waals surface area (Å²) < 4.78 is 15.4. The van der Waals surface area contributed by atoms with Gasteiger partial charge in [-0.05, 0) is 61.5 Å². The van der Waals surface area contributed by atoms with E-state index in [0.717, 1.165) is 68.4 Å². The molecule has 2 nitrogen and oxygen atoms in total. The van der Waals surface area contributed by atoms with E-state index in [4.69, 9.17) is 16.7 Å². The second-order valence-electron chi connectivity index (χ2n) is 6.37. The highest BCUT2D eigenvalue weighted by atomic mass is 79.9. The van der Waals surface area contributed by atoms with Gasteiger partial charge >= 0.3 is 0 Å². The first-order valence-corrected chi connectivity index (χ1v) is 10.3. The largest absolute Gasteiger partial charge is 0.455 e. The Morgan fingerprint density at radius 3 is 1.85 bits per heavy atom. The summed E-state index contributed by atoms with van der Waals surface area (Å²) in [6, 6.07) is 11.9. The molecule has 0 amide bonds. The third-order valence-electron chi connectivity index (χ3n) is 5.00. The molecule has 2 heterocycles. The fourth-order valence-corrected chi connectivity index (χ4v) is 5.84. The molecule has 0 bridgehead atoms. The lowest BCUT2D eigenvalue weighted by atomic mass is 9.85. The lowest BCUT2D eigenvalue weighted by Gasteiger charge is -2.21. The first-order chi connectivity index (χ1) is 12.5. The van der Waals surface area contributed by atoms with Crippen LogP contribution in [0.5, 0.6) is 0 Å². The van der Waals surface area contributed by atoms with Gasteiger partial charge in [0.15, 0.2) is 0 Å². The van der Waals surface area contributed by atoms with Gasteiger partial charge in [0.2, 0.25) is 0 Å². The lowest BCUT2D eigenvalue weighted by molar-refractivity contribution is 0.644. The van der Waals surface area contributed by atoms with E-state index in [-0.39, 0.29) is 0 Å². The normalized spacial score (nSPS) is 12.6. The highest BCUT2D eigenvalue weighted by Gasteiger charge is 2.27. The maximum absolute atomic E-state index is 6.33. The van der Waals surface area contributed by atoms with Gasteiger partial charge in [-0.3, -0.25) is 0 Å². The first kappa shape index (κ1) is 15.6. The fraction of sp³-hybridized carbons (Fsp3) is 0. The number of rotatable bonds is 0. The molecule has 0 saturated carbocycles. The zero-order valence-electron chi connectivity index (χ0n) is 13.0. The molecule has 0 atom stereocenters. The molecule has 4 aromatic rings. The zero-order chi connectivity index (χ0) is 17.7. The molecule has 122 valence electrons. The predicted molar refractivity (Wildman–Crippen MR) is 117 cm³/mol. The summed E-state index contributed by atoms with van der Waals surface area (Å²) in [6.07, 6.45) is 0. The minimum atomic E-state index is 0.707. The van der Waals surface area contributed by atoms with Gasteiger partial charge in [-0.1, -0.05) is 33.5 Å². The molecule has 4 aromatic carbocycles. The van der Waals surface area contributed by atoms with Crippen molar-refractivity contribution in [2.45, 2.75) is 0 Å². The van der Waals surface area contributed by atoms with Crippen LogP contribution < -0.4 is 5.46 Å². The van der Waals surface area contributed by atoms with E-state index in [1.807, 2.05) is 30.3 Å². The van der Waals surface area contributed by atoms with Crippen molar-refractivity contribution in [3.8, 4) is 11.1 Å². The SMILES string of the molecule is [B]c1cc(Br)c2oc3ccc4c(Br)cc(Br)c5oc6ccc1c2c6-c3c45. The second kappa shape index (κ2) is 5.06. The minimum absolute atomic E-state index is 0.707. The maximum Gasteiger partial charge on any atom is 0.150 e. The maximum atomic E-state index is 6.33. The van der Waals surface area contributed by atoms with E-state index in [0.29, 0.717) is 5.46 Å². The molecule has 2 aliphatic heterocycles. The molecule has 0 fully saturated rings. The van der Waals surface area contributed by atoms with Gasteiger partial charge in [-0.15, -0.1) is 0 Å².